The van der Waals surface area contributed by atoms with Gasteiger partial charge in [0.05, 0.1) is 5.69 Å². The van der Waals surface area contributed by atoms with E-state index in [-0.39, 0.29) is 5.78 Å². The maximum Gasteiger partial charge on any atom is 0.191 e. The summed E-state index contributed by atoms with van der Waals surface area (Å²) in [6, 6.07) is 10.2. The SMILES string of the molecule is CC(=O)c1ccc2c(c1)CN(CCCSc1nnc(-c3cccn3C)n1C)CC2. The summed E-state index contributed by atoms with van der Waals surface area (Å²) >= 11 is 1.76. The first-order valence-corrected chi connectivity index (χ1v) is 11.0. The molecule has 0 saturated heterocycles. The first-order valence-electron chi connectivity index (χ1n) is 10.0. The van der Waals surface area contributed by atoms with Crippen LogP contribution < -0.4 is 0 Å². The van der Waals surface area contributed by atoms with Crippen molar-refractivity contribution >= 4 is 17.5 Å². The van der Waals surface area contributed by atoms with E-state index in [1.807, 2.05) is 32.4 Å². The van der Waals surface area contributed by atoms with Gasteiger partial charge in [-0.2, -0.15) is 0 Å². The number of carbonyl (C=O) groups excluding carboxylic acids is 1. The van der Waals surface area contributed by atoms with Crippen molar-refractivity contribution in [2.45, 2.75) is 31.5 Å². The molecule has 0 amide bonds. The zero-order chi connectivity index (χ0) is 20.4. The van der Waals surface area contributed by atoms with Crippen molar-refractivity contribution in [3.8, 4) is 11.5 Å². The molecule has 29 heavy (non-hydrogen) atoms. The molecule has 2 aromatic heterocycles. The second kappa shape index (κ2) is 8.55. The molecule has 0 spiro atoms. The quantitative estimate of drug-likeness (QED) is 0.339. The highest BCUT2D eigenvalue weighted by Crippen LogP contribution is 2.24. The van der Waals surface area contributed by atoms with Crippen LogP contribution in [0.2, 0.25) is 0 Å². The van der Waals surface area contributed by atoms with Gasteiger partial charge in [0.15, 0.2) is 16.8 Å². The highest BCUT2D eigenvalue weighted by atomic mass is 32.2. The molecule has 0 unspecified atom stereocenters. The number of aromatic nitrogens is 4. The van der Waals surface area contributed by atoms with Crippen molar-refractivity contribution in [2.75, 3.05) is 18.8 Å². The molecule has 0 aliphatic carbocycles. The van der Waals surface area contributed by atoms with Crippen LogP contribution in [-0.2, 0) is 27.1 Å². The van der Waals surface area contributed by atoms with Crippen LogP contribution in [0.15, 0.2) is 41.7 Å². The van der Waals surface area contributed by atoms with E-state index >= 15 is 0 Å². The van der Waals surface area contributed by atoms with E-state index in [9.17, 15) is 4.79 Å². The van der Waals surface area contributed by atoms with Gasteiger partial charge in [0, 0.05) is 44.7 Å². The number of carbonyl (C=O) groups is 1. The molecule has 1 aliphatic rings. The van der Waals surface area contributed by atoms with Crippen LogP contribution in [0.25, 0.3) is 11.5 Å². The predicted molar refractivity (Wildman–Crippen MR) is 116 cm³/mol. The van der Waals surface area contributed by atoms with Crippen molar-refractivity contribution in [3.63, 3.8) is 0 Å². The Morgan fingerprint density at radius 3 is 2.79 bits per heavy atom. The average molecular weight is 410 g/mol. The van der Waals surface area contributed by atoms with Crippen molar-refractivity contribution in [3.05, 3.63) is 53.2 Å². The maximum absolute atomic E-state index is 11.7. The number of benzene rings is 1. The number of fused-ring (bicyclic) bond motifs is 1. The largest absolute Gasteiger partial charge is 0.348 e. The third-order valence-corrected chi connectivity index (χ3v) is 6.67. The van der Waals surface area contributed by atoms with Crippen LogP contribution >= 0.6 is 11.8 Å². The molecule has 1 aliphatic heterocycles. The zero-order valence-electron chi connectivity index (χ0n) is 17.3. The van der Waals surface area contributed by atoms with Crippen molar-refractivity contribution < 1.29 is 4.79 Å². The first kappa shape index (κ1) is 19.9. The Hall–Kier alpha value is -2.38. The van der Waals surface area contributed by atoms with E-state index in [2.05, 4.69) is 42.4 Å². The molecule has 0 saturated carbocycles. The van der Waals surface area contributed by atoms with Crippen LogP contribution in [-0.4, -0.2) is 48.9 Å². The molecular formula is C22H27N5OS. The van der Waals surface area contributed by atoms with Gasteiger partial charge < -0.3 is 9.13 Å². The molecule has 0 N–H and O–H groups in total. The normalized spacial score (nSPS) is 14.2. The Labute approximate surface area is 175 Å². The number of hydrogen-bond acceptors (Lipinski definition) is 5. The number of nitrogens with zero attached hydrogens (tertiary/aromatic N) is 5. The molecule has 4 rings (SSSR count). The fourth-order valence-electron chi connectivity index (χ4n) is 3.83. The molecule has 6 nitrogen and oxygen atoms in total. The minimum atomic E-state index is 0.139. The number of ketones is 1. The average Bonchev–Trinajstić information content (AvgIpc) is 3.29. The Morgan fingerprint density at radius 2 is 2.03 bits per heavy atom. The highest BCUT2D eigenvalue weighted by Gasteiger charge is 2.17. The van der Waals surface area contributed by atoms with Crippen molar-refractivity contribution in [1.29, 1.82) is 0 Å². The molecule has 152 valence electrons. The van der Waals surface area contributed by atoms with E-state index in [0.29, 0.717) is 0 Å². The van der Waals surface area contributed by atoms with Gasteiger partial charge in [0.25, 0.3) is 0 Å². The second-order valence-corrected chi connectivity index (χ2v) is 8.70. The number of hydrogen-bond donors (Lipinski definition) is 0. The monoisotopic (exact) mass is 409 g/mol. The van der Waals surface area contributed by atoms with Crippen LogP contribution in [0, 0.1) is 0 Å². The molecule has 1 aromatic carbocycles. The fourth-order valence-corrected chi connectivity index (χ4v) is 4.67. The Morgan fingerprint density at radius 1 is 1.17 bits per heavy atom. The van der Waals surface area contributed by atoms with Crippen molar-refractivity contribution in [1.82, 2.24) is 24.2 Å². The van der Waals surface area contributed by atoms with Crippen molar-refractivity contribution in [2.24, 2.45) is 14.1 Å². The lowest BCUT2D eigenvalue weighted by Crippen LogP contribution is -2.31. The molecule has 0 fully saturated rings. The summed E-state index contributed by atoms with van der Waals surface area (Å²) in [7, 11) is 4.05. The minimum Gasteiger partial charge on any atom is -0.348 e. The van der Waals surface area contributed by atoms with Gasteiger partial charge in [0.2, 0.25) is 0 Å². The third kappa shape index (κ3) is 4.31. The summed E-state index contributed by atoms with van der Waals surface area (Å²) < 4.78 is 4.13. The Bertz CT molecular complexity index is 1020. The summed E-state index contributed by atoms with van der Waals surface area (Å²) in [5.41, 5.74) is 4.58. The summed E-state index contributed by atoms with van der Waals surface area (Å²) in [5, 5.41) is 9.69. The van der Waals surface area contributed by atoms with Gasteiger partial charge in [-0.1, -0.05) is 23.9 Å². The zero-order valence-corrected chi connectivity index (χ0v) is 18.1. The van der Waals surface area contributed by atoms with E-state index in [1.165, 1.54) is 11.1 Å². The minimum absolute atomic E-state index is 0.139. The van der Waals surface area contributed by atoms with Gasteiger partial charge >= 0.3 is 0 Å². The lowest BCUT2D eigenvalue weighted by molar-refractivity contribution is 0.101. The summed E-state index contributed by atoms with van der Waals surface area (Å²) in [4.78, 5) is 14.1. The van der Waals surface area contributed by atoms with E-state index in [4.69, 9.17) is 0 Å². The molecule has 7 heteroatoms. The Kier molecular flexibility index (Phi) is 5.87. The van der Waals surface area contributed by atoms with Gasteiger partial charge in [0.1, 0.15) is 0 Å². The first-order chi connectivity index (χ1) is 14.0. The molecule has 0 bridgehead atoms. The predicted octanol–water partition coefficient (Wildman–Crippen LogP) is 3.56. The van der Waals surface area contributed by atoms with Gasteiger partial charge in [-0.25, -0.2) is 0 Å². The maximum atomic E-state index is 11.7. The lowest BCUT2D eigenvalue weighted by Gasteiger charge is -2.29. The summed E-state index contributed by atoms with van der Waals surface area (Å²) in [5.74, 6) is 2.05. The van der Waals surface area contributed by atoms with Crippen LogP contribution in [0.4, 0.5) is 0 Å². The molecule has 3 aromatic rings. The number of rotatable bonds is 7. The van der Waals surface area contributed by atoms with Crippen LogP contribution in [0.1, 0.15) is 34.8 Å². The highest BCUT2D eigenvalue weighted by molar-refractivity contribution is 7.99. The lowest BCUT2D eigenvalue weighted by atomic mass is 9.96. The van der Waals surface area contributed by atoms with Gasteiger partial charge in [-0.15, -0.1) is 10.2 Å². The molecular weight excluding hydrogens is 382 g/mol. The van der Waals surface area contributed by atoms with Crippen LogP contribution in [0.3, 0.4) is 0 Å². The second-order valence-electron chi connectivity index (χ2n) is 7.64. The number of Topliss-reactive ketones (excluding diaryl/α,β-unsaturated/α-hetero) is 1. The van der Waals surface area contributed by atoms with Gasteiger partial charge in [-0.3, -0.25) is 9.69 Å². The molecule has 3 heterocycles. The van der Waals surface area contributed by atoms with E-state index < -0.39 is 0 Å². The van der Waals surface area contributed by atoms with E-state index in [1.54, 1.807) is 18.7 Å². The van der Waals surface area contributed by atoms with Crippen LogP contribution in [0.5, 0.6) is 0 Å². The van der Waals surface area contributed by atoms with Gasteiger partial charge in [-0.05, 0) is 55.6 Å². The Balaban J connectivity index is 1.30. The summed E-state index contributed by atoms with van der Waals surface area (Å²) in [6.45, 7) is 4.70. The summed E-state index contributed by atoms with van der Waals surface area (Å²) in [6.07, 6.45) is 4.18. The molecule has 0 atom stereocenters. The smallest absolute Gasteiger partial charge is 0.191 e. The topological polar surface area (TPSA) is 56.0 Å². The van der Waals surface area contributed by atoms with E-state index in [0.717, 1.165) is 60.5 Å². The molecule has 0 radical (unpaired) electrons. The number of aryl methyl sites for hydroxylation is 1. The third-order valence-electron chi connectivity index (χ3n) is 5.56. The standard InChI is InChI=1S/C22H27N5OS/c1-16(28)18-8-7-17-9-12-27(15-19(17)14-18)11-5-13-29-22-24-23-21(26(22)3)20-6-4-10-25(20)2/h4,6-8,10,14H,5,9,11-13,15H2,1-3H3. The number of thioether (sulfide) groups is 1. The fraction of sp³-hybridized carbons (Fsp3) is 0.409.